The van der Waals surface area contributed by atoms with Crippen molar-refractivity contribution >= 4 is 11.8 Å². The smallest absolute Gasteiger partial charge is 0.225 e. The van der Waals surface area contributed by atoms with Gasteiger partial charge in [0.15, 0.2) is 0 Å². The van der Waals surface area contributed by atoms with Crippen molar-refractivity contribution in [3.05, 3.63) is 54.7 Å². The summed E-state index contributed by atoms with van der Waals surface area (Å²) in [4.78, 5) is 13.3. The summed E-state index contributed by atoms with van der Waals surface area (Å²) in [5.41, 5.74) is 1.78. The number of aromatic nitrogens is 3. The lowest BCUT2D eigenvalue weighted by Gasteiger charge is -2.14. The summed E-state index contributed by atoms with van der Waals surface area (Å²) < 4.78 is 5.35. The SMILES string of the molecule is CC[C@H](C)Nc1nc(NCc2ccco2)cc(-c2cccnc2)n1. The number of hydrogen-bond acceptors (Lipinski definition) is 6. The van der Waals surface area contributed by atoms with Crippen molar-refractivity contribution in [2.75, 3.05) is 10.6 Å². The zero-order chi connectivity index (χ0) is 16.8. The van der Waals surface area contributed by atoms with E-state index in [9.17, 15) is 0 Å². The van der Waals surface area contributed by atoms with Crippen LogP contribution in [-0.2, 0) is 6.54 Å². The molecule has 0 radical (unpaired) electrons. The molecule has 0 aliphatic rings. The van der Waals surface area contributed by atoms with Gasteiger partial charge in [0.05, 0.1) is 18.5 Å². The van der Waals surface area contributed by atoms with Crippen LogP contribution in [-0.4, -0.2) is 21.0 Å². The molecule has 3 rings (SSSR count). The third-order valence-corrected chi connectivity index (χ3v) is 3.70. The molecule has 0 unspecified atom stereocenters. The summed E-state index contributed by atoms with van der Waals surface area (Å²) in [5, 5.41) is 6.61. The van der Waals surface area contributed by atoms with E-state index in [0.29, 0.717) is 18.5 Å². The monoisotopic (exact) mass is 323 g/mol. The standard InChI is InChI=1S/C18H21N5O/c1-3-13(2)21-18-22-16(14-6-4-8-19-11-14)10-17(23-18)20-12-15-7-5-9-24-15/h4-11,13H,3,12H2,1-2H3,(H2,20,21,22,23)/t13-/m0/s1. The van der Waals surface area contributed by atoms with Gasteiger partial charge in [-0.25, -0.2) is 4.98 Å². The van der Waals surface area contributed by atoms with Crippen LogP contribution in [0, 0.1) is 0 Å². The van der Waals surface area contributed by atoms with Crippen LogP contribution in [0.4, 0.5) is 11.8 Å². The van der Waals surface area contributed by atoms with E-state index in [4.69, 9.17) is 4.42 Å². The molecule has 0 aliphatic heterocycles. The Kier molecular flexibility index (Phi) is 5.05. The predicted molar refractivity (Wildman–Crippen MR) is 94.7 cm³/mol. The van der Waals surface area contributed by atoms with Crippen LogP contribution in [0.25, 0.3) is 11.3 Å². The molecular formula is C18H21N5O. The molecule has 0 fully saturated rings. The fourth-order valence-electron chi connectivity index (χ4n) is 2.18. The number of nitrogens with one attached hydrogen (secondary N) is 2. The maximum absolute atomic E-state index is 5.35. The van der Waals surface area contributed by atoms with E-state index in [2.05, 4.69) is 39.4 Å². The fraction of sp³-hybridized carbons (Fsp3) is 0.278. The first-order chi connectivity index (χ1) is 11.7. The van der Waals surface area contributed by atoms with Crippen LogP contribution < -0.4 is 10.6 Å². The molecule has 0 aromatic carbocycles. The molecule has 0 saturated carbocycles. The minimum Gasteiger partial charge on any atom is -0.467 e. The van der Waals surface area contributed by atoms with Gasteiger partial charge in [0, 0.05) is 30.1 Å². The highest BCUT2D eigenvalue weighted by Gasteiger charge is 2.09. The Morgan fingerprint density at radius 1 is 1.21 bits per heavy atom. The topological polar surface area (TPSA) is 75.9 Å². The second kappa shape index (κ2) is 7.59. The number of rotatable bonds is 7. The first-order valence-electron chi connectivity index (χ1n) is 8.07. The van der Waals surface area contributed by atoms with E-state index in [-0.39, 0.29) is 0 Å². The van der Waals surface area contributed by atoms with E-state index in [0.717, 1.165) is 29.3 Å². The molecule has 24 heavy (non-hydrogen) atoms. The lowest BCUT2D eigenvalue weighted by molar-refractivity contribution is 0.518. The van der Waals surface area contributed by atoms with Crippen LogP contribution in [0.3, 0.4) is 0 Å². The quantitative estimate of drug-likeness (QED) is 0.685. The molecule has 0 saturated heterocycles. The number of furan rings is 1. The van der Waals surface area contributed by atoms with E-state index >= 15 is 0 Å². The van der Waals surface area contributed by atoms with Gasteiger partial charge in [-0.1, -0.05) is 6.92 Å². The summed E-state index contributed by atoms with van der Waals surface area (Å²) in [5.74, 6) is 2.20. The molecule has 1 atom stereocenters. The van der Waals surface area contributed by atoms with Crippen molar-refractivity contribution < 1.29 is 4.42 Å². The van der Waals surface area contributed by atoms with Gasteiger partial charge in [-0.05, 0) is 37.6 Å². The minimum absolute atomic E-state index is 0.298. The van der Waals surface area contributed by atoms with Crippen LogP contribution in [0.1, 0.15) is 26.0 Å². The molecule has 0 spiro atoms. The number of anilines is 2. The summed E-state index contributed by atoms with van der Waals surface area (Å²) in [6, 6.07) is 9.89. The van der Waals surface area contributed by atoms with Crippen molar-refractivity contribution in [3.63, 3.8) is 0 Å². The molecule has 6 heteroatoms. The van der Waals surface area contributed by atoms with Gasteiger partial charge in [-0.2, -0.15) is 4.98 Å². The Balaban J connectivity index is 1.87. The normalized spacial score (nSPS) is 11.9. The zero-order valence-corrected chi connectivity index (χ0v) is 13.9. The highest BCUT2D eigenvalue weighted by Crippen LogP contribution is 2.21. The molecule has 3 aromatic heterocycles. The second-order valence-electron chi connectivity index (χ2n) is 5.59. The summed E-state index contributed by atoms with van der Waals surface area (Å²) in [6.07, 6.45) is 6.20. The lowest BCUT2D eigenvalue weighted by Crippen LogP contribution is -2.16. The Hall–Kier alpha value is -2.89. The first kappa shape index (κ1) is 16.0. The summed E-state index contributed by atoms with van der Waals surface area (Å²) in [7, 11) is 0. The molecule has 3 heterocycles. The average molecular weight is 323 g/mol. The van der Waals surface area contributed by atoms with Gasteiger partial charge in [-0.15, -0.1) is 0 Å². The lowest BCUT2D eigenvalue weighted by atomic mass is 10.2. The van der Waals surface area contributed by atoms with Crippen molar-refractivity contribution in [1.82, 2.24) is 15.0 Å². The summed E-state index contributed by atoms with van der Waals surface area (Å²) in [6.45, 7) is 4.80. The van der Waals surface area contributed by atoms with Crippen LogP contribution >= 0.6 is 0 Å². The van der Waals surface area contributed by atoms with E-state index in [1.54, 1.807) is 18.7 Å². The third kappa shape index (κ3) is 4.10. The average Bonchev–Trinajstić information content (AvgIpc) is 3.14. The zero-order valence-electron chi connectivity index (χ0n) is 13.9. The largest absolute Gasteiger partial charge is 0.467 e. The molecular weight excluding hydrogens is 302 g/mol. The van der Waals surface area contributed by atoms with Crippen LogP contribution in [0.5, 0.6) is 0 Å². The van der Waals surface area contributed by atoms with Crippen molar-refractivity contribution in [2.24, 2.45) is 0 Å². The predicted octanol–water partition coefficient (Wildman–Crippen LogP) is 3.95. The van der Waals surface area contributed by atoms with Crippen molar-refractivity contribution in [3.8, 4) is 11.3 Å². The minimum atomic E-state index is 0.298. The number of nitrogens with zero attached hydrogens (tertiary/aromatic N) is 3. The molecule has 2 N–H and O–H groups in total. The Morgan fingerprint density at radius 2 is 2.12 bits per heavy atom. The fourth-order valence-corrected chi connectivity index (χ4v) is 2.18. The maximum Gasteiger partial charge on any atom is 0.225 e. The van der Waals surface area contributed by atoms with Gasteiger partial charge in [0.25, 0.3) is 0 Å². The Bertz CT molecular complexity index is 758. The van der Waals surface area contributed by atoms with E-state index in [1.807, 2.05) is 30.3 Å². The molecule has 6 nitrogen and oxygen atoms in total. The maximum atomic E-state index is 5.35. The molecule has 0 aliphatic carbocycles. The third-order valence-electron chi connectivity index (χ3n) is 3.70. The molecule has 0 bridgehead atoms. The Morgan fingerprint density at radius 3 is 2.83 bits per heavy atom. The van der Waals surface area contributed by atoms with Crippen molar-refractivity contribution in [2.45, 2.75) is 32.9 Å². The summed E-state index contributed by atoms with van der Waals surface area (Å²) >= 11 is 0. The molecule has 3 aromatic rings. The molecule has 124 valence electrons. The van der Waals surface area contributed by atoms with Crippen LogP contribution in [0.2, 0.25) is 0 Å². The highest BCUT2D eigenvalue weighted by molar-refractivity contribution is 5.63. The first-order valence-corrected chi connectivity index (χ1v) is 8.07. The second-order valence-corrected chi connectivity index (χ2v) is 5.59. The van der Waals surface area contributed by atoms with Crippen LogP contribution in [0.15, 0.2) is 53.4 Å². The highest BCUT2D eigenvalue weighted by atomic mass is 16.3. The van der Waals surface area contributed by atoms with E-state index < -0.39 is 0 Å². The number of hydrogen-bond donors (Lipinski definition) is 2. The van der Waals surface area contributed by atoms with E-state index in [1.165, 1.54) is 0 Å². The van der Waals surface area contributed by atoms with Gasteiger partial charge < -0.3 is 15.1 Å². The van der Waals surface area contributed by atoms with Gasteiger partial charge in [0.1, 0.15) is 11.6 Å². The van der Waals surface area contributed by atoms with Gasteiger partial charge in [0.2, 0.25) is 5.95 Å². The number of pyridine rings is 1. The Labute approximate surface area is 141 Å². The van der Waals surface area contributed by atoms with Gasteiger partial charge in [-0.3, -0.25) is 4.98 Å². The molecule has 0 amide bonds. The van der Waals surface area contributed by atoms with Crippen molar-refractivity contribution in [1.29, 1.82) is 0 Å². The van der Waals surface area contributed by atoms with Gasteiger partial charge >= 0.3 is 0 Å².